The number of nitrogens with zero attached hydrogens (tertiary/aromatic N) is 4. The molecule has 0 aliphatic heterocycles. The second kappa shape index (κ2) is 4.48. The highest BCUT2D eigenvalue weighted by molar-refractivity contribution is 5.81. The van der Waals surface area contributed by atoms with Crippen molar-refractivity contribution in [1.29, 1.82) is 0 Å². The molecule has 7 heteroatoms. The Kier molecular flexibility index (Phi) is 2.50. The first-order chi connectivity index (χ1) is 10.3. The SMILES string of the molecule is COc1ccc2nc(-c3nonc3-n3cccc3)[nH]c2c1. The number of imidazole rings is 1. The first kappa shape index (κ1) is 11.7. The molecule has 0 bridgehead atoms. The summed E-state index contributed by atoms with van der Waals surface area (Å²) in [5.74, 6) is 1.95. The van der Waals surface area contributed by atoms with Crippen molar-refractivity contribution in [1.82, 2.24) is 24.8 Å². The van der Waals surface area contributed by atoms with Crippen molar-refractivity contribution in [2.24, 2.45) is 0 Å². The van der Waals surface area contributed by atoms with Crippen LogP contribution in [-0.2, 0) is 0 Å². The van der Waals surface area contributed by atoms with Gasteiger partial charge in [-0.15, -0.1) is 0 Å². The van der Waals surface area contributed by atoms with Gasteiger partial charge >= 0.3 is 0 Å². The third-order valence-corrected chi connectivity index (χ3v) is 3.23. The van der Waals surface area contributed by atoms with Crippen molar-refractivity contribution in [3.05, 3.63) is 42.7 Å². The van der Waals surface area contributed by atoms with Crippen LogP contribution in [0.3, 0.4) is 0 Å². The molecule has 0 aliphatic carbocycles. The molecule has 1 N–H and O–H groups in total. The minimum Gasteiger partial charge on any atom is -0.497 e. The Morgan fingerprint density at radius 1 is 1.19 bits per heavy atom. The highest BCUT2D eigenvalue weighted by Crippen LogP contribution is 2.25. The number of aromatic amines is 1. The van der Waals surface area contributed by atoms with E-state index in [1.807, 2.05) is 47.3 Å². The van der Waals surface area contributed by atoms with Gasteiger partial charge in [0.15, 0.2) is 11.5 Å². The number of aromatic nitrogens is 5. The van der Waals surface area contributed by atoms with E-state index in [9.17, 15) is 0 Å². The van der Waals surface area contributed by atoms with Gasteiger partial charge in [-0.25, -0.2) is 9.61 Å². The Balaban J connectivity index is 1.86. The van der Waals surface area contributed by atoms with Gasteiger partial charge in [0.2, 0.25) is 5.82 Å². The van der Waals surface area contributed by atoms with Crippen molar-refractivity contribution in [3.8, 4) is 23.1 Å². The summed E-state index contributed by atoms with van der Waals surface area (Å²) < 4.78 is 11.9. The maximum atomic E-state index is 5.21. The van der Waals surface area contributed by atoms with Crippen molar-refractivity contribution < 1.29 is 9.37 Å². The average Bonchev–Trinajstić information content (AvgIpc) is 3.23. The van der Waals surface area contributed by atoms with E-state index in [1.165, 1.54) is 0 Å². The normalized spacial score (nSPS) is 11.1. The fourth-order valence-electron chi connectivity index (χ4n) is 2.21. The molecule has 21 heavy (non-hydrogen) atoms. The Morgan fingerprint density at radius 2 is 2.05 bits per heavy atom. The second-order valence-electron chi connectivity index (χ2n) is 4.50. The molecule has 0 aliphatic rings. The van der Waals surface area contributed by atoms with Crippen molar-refractivity contribution in [2.75, 3.05) is 7.11 Å². The van der Waals surface area contributed by atoms with Gasteiger partial charge in [-0.3, -0.25) is 0 Å². The van der Waals surface area contributed by atoms with E-state index < -0.39 is 0 Å². The van der Waals surface area contributed by atoms with Gasteiger partial charge in [0.25, 0.3) is 0 Å². The number of hydrogen-bond donors (Lipinski definition) is 1. The smallest absolute Gasteiger partial charge is 0.212 e. The van der Waals surface area contributed by atoms with Crippen molar-refractivity contribution in [2.45, 2.75) is 0 Å². The predicted octanol–water partition coefficient (Wildman–Crippen LogP) is 2.41. The number of methoxy groups -OCH3 is 1. The Hall–Kier alpha value is -3.09. The van der Waals surface area contributed by atoms with Crippen LogP contribution in [0.4, 0.5) is 0 Å². The average molecular weight is 281 g/mol. The summed E-state index contributed by atoms with van der Waals surface area (Å²) >= 11 is 0. The second-order valence-corrected chi connectivity index (χ2v) is 4.50. The first-order valence-corrected chi connectivity index (χ1v) is 6.35. The van der Waals surface area contributed by atoms with Crippen LogP contribution in [0.15, 0.2) is 47.4 Å². The molecule has 3 aromatic heterocycles. The maximum Gasteiger partial charge on any atom is 0.212 e. The molecule has 1 aromatic carbocycles. The molecule has 0 saturated carbocycles. The number of nitrogens with one attached hydrogen (secondary N) is 1. The lowest BCUT2D eigenvalue weighted by Crippen LogP contribution is -1.94. The van der Waals surface area contributed by atoms with Gasteiger partial charge in [-0.05, 0) is 34.6 Å². The van der Waals surface area contributed by atoms with Crippen LogP contribution in [-0.4, -0.2) is 32.0 Å². The van der Waals surface area contributed by atoms with E-state index >= 15 is 0 Å². The zero-order valence-corrected chi connectivity index (χ0v) is 11.1. The van der Waals surface area contributed by atoms with E-state index in [0.29, 0.717) is 17.3 Å². The van der Waals surface area contributed by atoms with Gasteiger partial charge in [0.1, 0.15) is 5.75 Å². The monoisotopic (exact) mass is 281 g/mol. The van der Waals surface area contributed by atoms with E-state index in [2.05, 4.69) is 20.3 Å². The van der Waals surface area contributed by atoms with Gasteiger partial charge < -0.3 is 14.3 Å². The lowest BCUT2D eigenvalue weighted by molar-refractivity contribution is 0.307. The van der Waals surface area contributed by atoms with Gasteiger partial charge in [0.05, 0.1) is 18.1 Å². The summed E-state index contributed by atoms with van der Waals surface area (Å²) in [6.45, 7) is 0. The number of H-pyrrole nitrogens is 1. The Bertz CT molecular complexity index is 891. The molecule has 3 heterocycles. The summed E-state index contributed by atoms with van der Waals surface area (Å²) in [7, 11) is 1.63. The number of benzene rings is 1. The zero-order valence-electron chi connectivity index (χ0n) is 11.1. The zero-order chi connectivity index (χ0) is 14.2. The molecule has 104 valence electrons. The lowest BCUT2D eigenvalue weighted by atomic mass is 10.3. The minimum atomic E-state index is 0.557. The van der Waals surface area contributed by atoms with Crippen LogP contribution >= 0.6 is 0 Å². The number of fused-ring (bicyclic) bond motifs is 1. The van der Waals surface area contributed by atoms with Crippen LogP contribution < -0.4 is 4.74 Å². The standard InChI is InChI=1S/C14H11N5O2/c1-20-9-4-5-10-11(8-9)16-13(15-10)12-14(18-21-17-12)19-6-2-3-7-19/h2-8H,1H3,(H,15,16). The summed E-state index contributed by atoms with van der Waals surface area (Å²) in [6.07, 6.45) is 3.74. The molecule has 0 saturated heterocycles. The van der Waals surface area contributed by atoms with E-state index in [0.717, 1.165) is 16.8 Å². The van der Waals surface area contributed by atoms with Crippen LogP contribution in [0.25, 0.3) is 28.4 Å². The molecule has 0 radical (unpaired) electrons. The van der Waals surface area contributed by atoms with Crippen molar-refractivity contribution in [3.63, 3.8) is 0 Å². The quantitative estimate of drug-likeness (QED) is 0.623. The molecule has 0 spiro atoms. The Labute approximate surface area is 119 Å². The van der Waals surface area contributed by atoms with Crippen LogP contribution in [0.2, 0.25) is 0 Å². The predicted molar refractivity (Wildman–Crippen MR) is 75.3 cm³/mol. The fourth-order valence-corrected chi connectivity index (χ4v) is 2.21. The molecule has 0 unspecified atom stereocenters. The largest absolute Gasteiger partial charge is 0.497 e. The molecule has 7 nitrogen and oxygen atoms in total. The summed E-state index contributed by atoms with van der Waals surface area (Å²) in [5.41, 5.74) is 2.25. The topological polar surface area (TPSA) is 81.8 Å². The first-order valence-electron chi connectivity index (χ1n) is 6.35. The highest BCUT2D eigenvalue weighted by atomic mass is 16.6. The lowest BCUT2D eigenvalue weighted by Gasteiger charge is -1.97. The third-order valence-electron chi connectivity index (χ3n) is 3.23. The number of hydrogen-bond acceptors (Lipinski definition) is 5. The van der Waals surface area contributed by atoms with E-state index in [1.54, 1.807) is 7.11 Å². The highest BCUT2D eigenvalue weighted by Gasteiger charge is 2.17. The van der Waals surface area contributed by atoms with Crippen LogP contribution in [0.5, 0.6) is 5.75 Å². The Morgan fingerprint density at radius 3 is 2.86 bits per heavy atom. The van der Waals surface area contributed by atoms with Crippen molar-refractivity contribution >= 4 is 11.0 Å². The third kappa shape index (κ3) is 1.86. The fraction of sp³-hybridized carbons (Fsp3) is 0.0714. The number of rotatable bonds is 3. The molecular formula is C14H11N5O2. The summed E-state index contributed by atoms with van der Waals surface area (Å²) in [5, 5.41) is 7.88. The summed E-state index contributed by atoms with van der Waals surface area (Å²) in [6, 6.07) is 9.44. The van der Waals surface area contributed by atoms with Gasteiger partial charge in [-0.2, -0.15) is 0 Å². The van der Waals surface area contributed by atoms with E-state index in [4.69, 9.17) is 9.37 Å². The number of ether oxygens (including phenoxy) is 1. The van der Waals surface area contributed by atoms with Gasteiger partial charge in [-0.1, -0.05) is 0 Å². The molecule has 0 fully saturated rings. The molecular weight excluding hydrogens is 270 g/mol. The summed E-state index contributed by atoms with van der Waals surface area (Å²) in [4.78, 5) is 7.72. The molecule has 4 rings (SSSR count). The molecule has 4 aromatic rings. The molecule has 0 atom stereocenters. The minimum absolute atomic E-state index is 0.557. The van der Waals surface area contributed by atoms with Crippen LogP contribution in [0, 0.1) is 0 Å². The van der Waals surface area contributed by atoms with E-state index in [-0.39, 0.29) is 0 Å². The molecule has 0 amide bonds. The van der Waals surface area contributed by atoms with Crippen LogP contribution in [0.1, 0.15) is 0 Å². The van der Waals surface area contributed by atoms with Gasteiger partial charge in [0, 0.05) is 18.5 Å². The maximum absolute atomic E-state index is 5.21.